The van der Waals surface area contributed by atoms with Crippen molar-refractivity contribution in [1.82, 2.24) is 0 Å². The van der Waals surface area contributed by atoms with Gasteiger partial charge in [0.05, 0.1) is 13.2 Å². The maximum atomic E-state index is 10.0. The molecular weight excluding hydrogens is 316 g/mol. The van der Waals surface area contributed by atoms with Crippen LogP contribution in [0.25, 0.3) is 0 Å². The van der Waals surface area contributed by atoms with Gasteiger partial charge in [-0.3, -0.25) is 0 Å². The lowest BCUT2D eigenvalue weighted by Crippen LogP contribution is -2.44. The van der Waals surface area contributed by atoms with Crippen LogP contribution in [0, 0.1) is 0 Å². The molecule has 3 fully saturated rings. The molecule has 3 saturated heterocycles. The summed E-state index contributed by atoms with van der Waals surface area (Å²) in [6, 6.07) is 7.21. The Labute approximate surface area is 140 Å². The molecular formula is C17H22O7. The van der Waals surface area contributed by atoms with Crippen molar-refractivity contribution in [1.29, 1.82) is 0 Å². The summed E-state index contributed by atoms with van der Waals surface area (Å²) in [7, 11) is 0. The minimum absolute atomic E-state index is 0.248. The number of hydrogen-bond donors (Lipinski definition) is 2. The lowest BCUT2D eigenvalue weighted by Gasteiger charge is -2.35. The third-order valence-electron chi connectivity index (χ3n) is 4.56. The van der Waals surface area contributed by atoms with Crippen LogP contribution in [0.1, 0.15) is 37.4 Å². The predicted octanol–water partition coefficient (Wildman–Crippen LogP) is 1.00. The second-order valence-corrected chi connectivity index (χ2v) is 6.74. The van der Waals surface area contributed by atoms with Gasteiger partial charge in [-0.1, -0.05) is 24.3 Å². The lowest BCUT2D eigenvalue weighted by molar-refractivity contribution is -0.285. The van der Waals surface area contributed by atoms with Crippen molar-refractivity contribution < 1.29 is 33.9 Å². The van der Waals surface area contributed by atoms with Crippen LogP contribution >= 0.6 is 0 Å². The molecule has 0 unspecified atom stereocenters. The number of hydrogen-bond acceptors (Lipinski definition) is 7. The van der Waals surface area contributed by atoms with Gasteiger partial charge in [0.1, 0.15) is 24.4 Å². The second kappa shape index (κ2) is 6.03. The Morgan fingerprint density at radius 1 is 1.17 bits per heavy atom. The van der Waals surface area contributed by atoms with Gasteiger partial charge in [-0.05, 0) is 19.4 Å². The summed E-state index contributed by atoms with van der Waals surface area (Å²) < 4.78 is 29.3. The minimum Gasteiger partial charge on any atom is -0.393 e. The smallest absolute Gasteiger partial charge is 0.190 e. The number of ether oxygens (including phenoxy) is 5. The zero-order valence-corrected chi connectivity index (χ0v) is 13.6. The van der Waals surface area contributed by atoms with Crippen molar-refractivity contribution in [3.05, 3.63) is 35.4 Å². The summed E-state index contributed by atoms with van der Waals surface area (Å²) in [5.74, 6) is -0.706. The van der Waals surface area contributed by atoms with Gasteiger partial charge in [-0.2, -0.15) is 0 Å². The number of benzene rings is 1. The van der Waals surface area contributed by atoms with Gasteiger partial charge in [-0.15, -0.1) is 0 Å². The molecule has 1 aromatic carbocycles. The SMILES string of the molecule is CC1(C)O[C@H]2O[C@@H]3CO[C@H](c4ccccc4[C@@H](O)CO)O[C@@H]3[C@H]2O1. The third kappa shape index (κ3) is 2.76. The van der Waals surface area contributed by atoms with Crippen molar-refractivity contribution in [2.45, 2.75) is 56.6 Å². The summed E-state index contributed by atoms with van der Waals surface area (Å²) in [6.07, 6.45) is -2.97. The fourth-order valence-electron chi connectivity index (χ4n) is 3.50. The van der Waals surface area contributed by atoms with E-state index < -0.39 is 24.5 Å². The summed E-state index contributed by atoms with van der Waals surface area (Å²) in [4.78, 5) is 0. The molecule has 3 aliphatic rings. The first kappa shape index (κ1) is 16.4. The minimum atomic E-state index is -0.983. The van der Waals surface area contributed by atoms with Crippen LogP contribution in [0.3, 0.4) is 0 Å². The average molecular weight is 338 g/mol. The molecule has 24 heavy (non-hydrogen) atoms. The molecule has 0 bridgehead atoms. The lowest BCUT2D eigenvalue weighted by atomic mass is 10.0. The van der Waals surface area contributed by atoms with Crippen LogP contribution in [0.5, 0.6) is 0 Å². The number of fused-ring (bicyclic) bond motifs is 3. The standard InChI is InChI=1S/C17H22O7/c1-17(2)23-14-13-12(21-16(14)24-17)8-20-15(22-13)10-6-4-3-5-9(10)11(19)7-18/h3-6,11-16,18-19H,7-8H2,1-2H3/t11-,12+,13-,14+,15-,16+/m0/s1. The van der Waals surface area contributed by atoms with E-state index in [9.17, 15) is 10.2 Å². The Kier molecular flexibility index (Phi) is 4.12. The van der Waals surface area contributed by atoms with E-state index in [2.05, 4.69) is 0 Å². The average Bonchev–Trinajstić information content (AvgIpc) is 3.05. The summed E-state index contributed by atoms with van der Waals surface area (Å²) in [5.41, 5.74) is 1.28. The molecule has 0 saturated carbocycles. The van der Waals surface area contributed by atoms with Crippen molar-refractivity contribution in [2.75, 3.05) is 13.2 Å². The maximum Gasteiger partial charge on any atom is 0.190 e. The maximum absolute atomic E-state index is 10.0. The molecule has 132 valence electrons. The normalized spacial score (nSPS) is 38.6. The first-order valence-electron chi connectivity index (χ1n) is 8.14. The highest BCUT2D eigenvalue weighted by Crippen LogP contribution is 2.43. The molecule has 7 nitrogen and oxygen atoms in total. The summed E-state index contributed by atoms with van der Waals surface area (Å²) in [6.45, 7) is 3.66. The molecule has 0 amide bonds. The van der Waals surface area contributed by atoms with E-state index in [-0.39, 0.29) is 24.9 Å². The Hall–Kier alpha value is -1.06. The van der Waals surface area contributed by atoms with Gasteiger partial charge in [-0.25, -0.2) is 0 Å². The van der Waals surface area contributed by atoms with E-state index >= 15 is 0 Å². The van der Waals surface area contributed by atoms with Gasteiger partial charge in [0.15, 0.2) is 18.4 Å². The van der Waals surface area contributed by atoms with Crippen molar-refractivity contribution >= 4 is 0 Å². The first-order valence-corrected chi connectivity index (χ1v) is 8.14. The highest BCUT2D eigenvalue weighted by molar-refractivity contribution is 5.30. The van der Waals surface area contributed by atoms with E-state index in [0.717, 1.165) is 0 Å². The number of aliphatic hydroxyl groups excluding tert-OH is 2. The van der Waals surface area contributed by atoms with Crippen LogP contribution in [0.4, 0.5) is 0 Å². The Morgan fingerprint density at radius 3 is 2.75 bits per heavy atom. The van der Waals surface area contributed by atoms with Gasteiger partial charge >= 0.3 is 0 Å². The zero-order chi connectivity index (χ0) is 16.9. The van der Waals surface area contributed by atoms with E-state index in [4.69, 9.17) is 23.7 Å². The Morgan fingerprint density at radius 2 is 1.96 bits per heavy atom. The molecule has 4 rings (SSSR count). The zero-order valence-electron chi connectivity index (χ0n) is 13.6. The fourth-order valence-corrected chi connectivity index (χ4v) is 3.50. The number of aliphatic hydroxyl groups is 2. The quantitative estimate of drug-likeness (QED) is 0.850. The van der Waals surface area contributed by atoms with E-state index in [1.54, 1.807) is 12.1 Å². The van der Waals surface area contributed by atoms with E-state index in [1.807, 2.05) is 26.0 Å². The molecule has 2 N–H and O–H groups in total. The molecule has 0 radical (unpaired) electrons. The molecule has 0 aromatic heterocycles. The van der Waals surface area contributed by atoms with Gasteiger partial charge < -0.3 is 33.9 Å². The molecule has 0 aliphatic carbocycles. The van der Waals surface area contributed by atoms with Gasteiger partial charge in [0, 0.05) is 5.56 Å². The highest BCUT2D eigenvalue weighted by Gasteiger charge is 2.57. The predicted molar refractivity (Wildman–Crippen MR) is 80.8 cm³/mol. The monoisotopic (exact) mass is 338 g/mol. The Balaban J connectivity index is 1.56. The topological polar surface area (TPSA) is 86.6 Å². The van der Waals surface area contributed by atoms with Crippen LogP contribution in [0.2, 0.25) is 0 Å². The molecule has 0 spiro atoms. The molecule has 1 aromatic rings. The van der Waals surface area contributed by atoms with Crippen molar-refractivity contribution in [3.63, 3.8) is 0 Å². The second-order valence-electron chi connectivity index (χ2n) is 6.74. The van der Waals surface area contributed by atoms with Crippen molar-refractivity contribution in [3.8, 4) is 0 Å². The summed E-state index contributed by atoms with van der Waals surface area (Å²) >= 11 is 0. The van der Waals surface area contributed by atoms with E-state index in [1.165, 1.54) is 0 Å². The fraction of sp³-hybridized carbons (Fsp3) is 0.647. The van der Waals surface area contributed by atoms with Crippen LogP contribution in [-0.4, -0.2) is 53.8 Å². The van der Waals surface area contributed by atoms with Crippen molar-refractivity contribution in [2.24, 2.45) is 0 Å². The van der Waals surface area contributed by atoms with Gasteiger partial charge in [0.2, 0.25) is 0 Å². The molecule has 3 heterocycles. The highest BCUT2D eigenvalue weighted by atomic mass is 16.9. The van der Waals surface area contributed by atoms with Crippen LogP contribution in [0.15, 0.2) is 24.3 Å². The summed E-state index contributed by atoms with van der Waals surface area (Å²) in [5, 5.41) is 19.3. The van der Waals surface area contributed by atoms with Gasteiger partial charge in [0.25, 0.3) is 0 Å². The Bertz CT molecular complexity index is 604. The third-order valence-corrected chi connectivity index (χ3v) is 4.56. The molecule has 7 heteroatoms. The van der Waals surface area contributed by atoms with Crippen LogP contribution < -0.4 is 0 Å². The largest absolute Gasteiger partial charge is 0.393 e. The molecule has 3 aliphatic heterocycles. The van der Waals surface area contributed by atoms with E-state index in [0.29, 0.717) is 17.7 Å². The molecule has 6 atom stereocenters. The van der Waals surface area contributed by atoms with Crippen LogP contribution in [-0.2, 0) is 23.7 Å². The number of rotatable bonds is 3. The first-order chi connectivity index (χ1) is 11.5.